The number of benzene rings is 1. The van der Waals surface area contributed by atoms with Gasteiger partial charge >= 0.3 is 0 Å². The highest BCUT2D eigenvalue weighted by Gasteiger charge is 2.22. The second-order valence-corrected chi connectivity index (χ2v) is 6.98. The van der Waals surface area contributed by atoms with Crippen LogP contribution in [0, 0.1) is 0 Å². The number of hydrogen-bond acceptors (Lipinski definition) is 2. The minimum Gasteiger partial charge on any atom is -0.316 e. The lowest BCUT2D eigenvalue weighted by Crippen LogP contribution is -2.35. The first-order chi connectivity index (χ1) is 12.0. The molecular weight excluding hydrogens is 304 g/mol. The Balaban J connectivity index is 0.000000422. The largest absolute Gasteiger partial charge is 0.316 e. The summed E-state index contributed by atoms with van der Waals surface area (Å²) in [4.78, 5) is 2.38. The molecule has 1 N–H and O–H groups in total. The fourth-order valence-electron chi connectivity index (χ4n) is 2.53. The quantitative estimate of drug-likeness (QED) is 0.625. The molecule has 1 aromatic rings. The average molecular weight is 347 g/mol. The van der Waals surface area contributed by atoms with Gasteiger partial charge in [0, 0.05) is 12.6 Å². The molecule has 2 rings (SSSR count). The summed E-state index contributed by atoms with van der Waals surface area (Å²) >= 11 is 0. The molecule has 144 valence electrons. The number of hydrogen-bond donors (Lipinski definition) is 1. The van der Waals surface area contributed by atoms with Crippen LogP contribution in [-0.2, 0) is 0 Å². The second kappa shape index (κ2) is 14.1. The van der Waals surface area contributed by atoms with E-state index in [1.54, 1.807) is 0 Å². The van der Waals surface area contributed by atoms with Crippen LogP contribution in [0.1, 0.15) is 77.3 Å². The molecule has 1 saturated carbocycles. The van der Waals surface area contributed by atoms with Crippen molar-refractivity contribution < 1.29 is 0 Å². The van der Waals surface area contributed by atoms with Gasteiger partial charge in [-0.05, 0) is 70.8 Å². The van der Waals surface area contributed by atoms with Crippen LogP contribution in [0.5, 0.6) is 0 Å². The molecule has 0 radical (unpaired) electrons. The van der Waals surface area contributed by atoms with E-state index in [1.165, 1.54) is 43.4 Å². The molecule has 0 heterocycles. The predicted octanol–water partition coefficient (Wildman–Crippen LogP) is 5.95. The number of nitrogens with one attached hydrogen (secondary N) is 1. The van der Waals surface area contributed by atoms with Gasteiger partial charge in [-0.15, -0.1) is 0 Å². The van der Waals surface area contributed by atoms with E-state index in [4.69, 9.17) is 0 Å². The van der Waals surface area contributed by atoms with Gasteiger partial charge in [-0.2, -0.15) is 0 Å². The summed E-state index contributed by atoms with van der Waals surface area (Å²) in [7, 11) is 4.20. The Morgan fingerprint density at radius 3 is 2.20 bits per heavy atom. The number of unbranched alkanes of at least 4 members (excludes halogenated alkanes) is 1. The molecule has 1 unspecified atom stereocenters. The Morgan fingerprint density at radius 1 is 1.24 bits per heavy atom. The van der Waals surface area contributed by atoms with E-state index in [-0.39, 0.29) is 0 Å². The van der Waals surface area contributed by atoms with Gasteiger partial charge in [0.2, 0.25) is 0 Å². The molecule has 1 fully saturated rings. The third kappa shape index (κ3) is 11.2. The normalized spacial score (nSPS) is 14.1. The zero-order valence-electron chi connectivity index (χ0n) is 17.9. The van der Waals surface area contributed by atoms with Gasteiger partial charge in [0.25, 0.3) is 0 Å². The van der Waals surface area contributed by atoms with Gasteiger partial charge < -0.3 is 10.2 Å². The van der Waals surface area contributed by atoms with Crippen molar-refractivity contribution >= 4 is 5.57 Å². The molecule has 2 nitrogen and oxygen atoms in total. The van der Waals surface area contributed by atoms with E-state index in [2.05, 4.69) is 62.0 Å². The van der Waals surface area contributed by atoms with E-state index in [0.717, 1.165) is 18.0 Å². The van der Waals surface area contributed by atoms with Crippen LogP contribution in [0.4, 0.5) is 0 Å². The molecular formula is C23H42N2. The van der Waals surface area contributed by atoms with Gasteiger partial charge in [0.1, 0.15) is 0 Å². The fraction of sp³-hybridized carbons (Fsp3) is 0.652. The standard InChI is InChI=1S/C12H14.C9H22N2.C2H6/c1-9(2)10-3-5-11(6-4-10)12-7-8-12;1-5-6-7-11(4)8-9(2)10-3;1-2/h3-6,12H,1,7-8H2,2H3;9-10H,5-8H2,1-4H3;1-2H3. The van der Waals surface area contributed by atoms with Crippen molar-refractivity contribution in [1.82, 2.24) is 10.2 Å². The molecule has 2 heteroatoms. The monoisotopic (exact) mass is 346 g/mol. The first-order valence-electron chi connectivity index (χ1n) is 10.1. The Labute approximate surface area is 157 Å². The van der Waals surface area contributed by atoms with E-state index in [1.807, 2.05) is 27.8 Å². The van der Waals surface area contributed by atoms with Crippen LogP contribution in [0.2, 0.25) is 0 Å². The maximum Gasteiger partial charge on any atom is 0.0163 e. The third-order valence-corrected chi connectivity index (χ3v) is 4.42. The molecule has 0 bridgehead atoms. The molecule has 0 spiro atoms. The summed E-state index contributed by atoms with van der Waals surface area (Å²) < 4.78 is 0. The lowest BCUT2D eigenvalue weighted by Gasteiger charge is -2.20. The van der Waals surface area contributed by atoms with Crippen molar-refractivity contribution in [2.24, 2.45) is 0 Å². The van der Waals surface area contributed by atoms with Crippen molar-refractivity contribution in [2.75, 3.05) is 27.2 Å². The van der Waals surface area contributed by atoms with E-state index in [9.17, 15) is 0 Å². The minimum absolute atomic E-state index is 0.608. The van der Waals surface area contributed by atoms with E-state index in [0.29, 0.717) is 6.04 Å². The number of rotatable bonds is 8. The molecule has 0 amide bonds. The van der Waals surface area contributed by atoms with Crippen LogP contribution in [0.3, 0.4) is 0 Å². The molecule has 1 aliphatic carbocycles. The molecule has 0 aromatic heterocycles. The summed E-state index contributed by atoms with van der Waals surface area (Å²) in [6.07, 6.45) is 5.37. The van der Waals surface area contributed by atoms with Crippen molar-refractivity contribution in [3.8, 4) is 0 Å². The summed E-state index contributed by atoms with van der Waals surface area (Å²) in [6.45, 7) is 16.8. The molecule has 1 atom stereocenters. The number of likely N-dealkylation sites (N-methyl/N-ethyl adjacent to an activating group) is 2. The van der Waals surface area contributed by atoms with Gasteiger partial charge in [0.15, 0.2) is 0 Å². The van der Waals surface area contributed by atoms with Gasteiger partial charge in [0.05, 0.1) is 0 Å². The maximum absolute atomic E-state index is 3.92. The van der Waals surface area contributed by atoms with Crippen LogP contribution < -0.4 is 5.32 Å². The van der Waals surface area contributed by atoms with Crippen LogP contribution in [0.25, 0.3) is 5.57 Å². The zero-order valence-corrected chi connectivity index (χ0v) is 17.9. The lowest BCUT2D eigenvalue weighted by atomic mass is 10.0. The zero-order chi connectivity index (χ0) is 19.2. The number of nitrogens with zero attached hydrogens (tertiary/aromatic N) is 1. The van der Waals surface area contributed by atoms with Gasteiger partial charge in [-0.3, -0.25) is 0 Å². The van der Waals surface area contributed by atoms with Crippen molar-refractivity contribution in [3.05, 3.63) is 42.0 Å². The predicted molar refractivity (Wildman–Crippen MR) is 115 cm³/mol. The fourth-order valence-corrected chi connectivity index (χ4v) is 2.53. The molecule has 1 aromatic carbocycles. The van der Waals surface area contributed by atoms with Crippen molar-refractivity contribution in [1.29, 1.82) is 0 Å². The minimum atomic E-state index is 0.608. The Bertz CT molecular complexity index is 446. The highest BCUT2D eigenvalue weighted by molar-refractivity contribution is 5.61. The van der Waals surface area contributed by atoms with Crippen LogP contribution >= 0.6 is 0 Å². The summed E-state index contributed by atoms with van der Waals surface area (Å²) in [5.41, 5.74) is 3.91. The molecule has 0 saturated heterocycles. The highest BCUT2D eigenvalue weighted by atomic mass is 15.1. The smallest absolute Gasteiger partial charge is 0.0163 e. The number of allylic oxidation sites excluding steroid dienone is 1. The van der Waals surface area contributed by atoms with E-state index < -0.39 is 0 Å². The Hall–Kier alpha value is -1.12. The SMILES string of the molecule is C=C(C)c1ccc(C2CC2)cc1.CC.CCCCN(C)CC(C)NC. The van der Waals surface area contributed by atoms with Crippen molar-refractivity contribution in [3.63, 3.8) is 0 Å². The molecule has 0 aliphatic heterocycles. The van der Waals surface area contributed by atoms with Crippen molar-refractivity contribution in [2.45, 2.75) is 72.3 Å². The highest BCUT2D eigenvalue weighted by Crippen LogP contribution is 2.40. The third-order valence-electron chi connectivity index (χ3n) is 4.42. The summed E-state index contributed by atoms with van der Waals surface area (Å²) in [5.74, 6) is 0.865. The van der Waals surface area contributed by atoms with Crippen LogP contribution in [0.15, 0.2) is 30.8 Å². The molecule has 1 aliphatic rings. The first kappa shape index (κ1) is 23.9. The van der Waals surface area contributed by atoms with Gasteiger partial charge in [-0.25, -0.2) is 0 Å². The first-order valence-corrected chi connectivity index (χ1v) is 10.1. The summed E-state index contributed by atoms with van der Waals surface area (Å²) in [6, 6.07) is 9.44. The van der Waals surface area contributed by atoms with E-state index >= 15 is 0 Å². The average Bonchev–Trinajstić information content (AvgIpc) is 3.47. The maximum atomic E-state index is 3.92. The Morgan fingerprint density at radius 2 is 1.80 bits per heavy atom. The topological polar surface area (TPSA) is 15.3 Å². The van der Waals surface area contributed by atoms with Crippen LogP contribution in [-0.4, -0.2) is 38.1 Å². The Kier molecular flexibility index (Phi) is 13.5. The second-order valence-electron chi connectivity index (χ2n) is 6.98. The molecule has 25 heavy (non-hydrogen) atoms. The lowest BCUT2D eigenvalue weighted by molar-refractivity contribution is 0.298. The van der Waals surface area contributed by atoms with Gasteiger partial charge in [-0.1, -0.05) is 63.6 Å². The summed E-state index contributed by atoms with van der Waals surface area (Å²) in [5, 5.41) is 3.23.